The van der Waals surface area contributed by atoms with Gasteiger partial charge in [0.1, 0.15) is 0 Å². The van der Waals surface area contributed by atoms with Gasteiger partial charge in [0.05, 0.1) is 25.0 Å². The molecule has 0 atom stereocenters. The summed E-state index contributed by atoms with van der Waals surface area (Å²) in [6.45, 7) is -0.377. The summed E-state index contributed by atoms with van der Waals surface area (Å²) >= 11 is 0. The summed E-state index contributed by atoms with van der Waals surface area (Å²) in [6, 6.07) is 6.20. The summed E-state index contributed by atoms with van der Waals surface area (Å²) < 4.78 is 4.58. The van der Waals surface area contributed by atoms with E-state index in [2.05, 4.69) is 20.0 Å². The van der Waals surface area contributed by atoms with Gasteiger partial charge in [0.25, 0.3) is 5.91 Å². The van der Waals surface area contributed by atoms with Gasteiger partial charge >= 0.3 is 5.97 Å². The molecule has 1 aromatic carbocycles. The van der Waals surface area contributed by atoms with Gasteiger partial charge in [-0.2, -0.15) is 0 Å². The van der Waals surface area contributed by atoms with Crippen LogP contribution in [0.4, 0.5) is 5.69 Å². The number of aromatic nitrogens is 2. The number of amides is 1. The molecule has 0 radical (unpaired) electrons. The highest BCUT2D eigenvalue weighted by molar-refractivity contribution is 6.03. The molecule has 108 valence electrons. The zero-order valence-electron chi connectivity index (χ0n) is 11.2. The number of anilines is 1. The summed E-state index contributed by atoms with van der Waals surface area (Å²) in [5, 5.41) is 11.7. The predicted molar refractivity (Wildman–Crippen MR) is 73.7 cm³/mol. The van der Waals surface area contributed by atoms with E-state index in [1.807, 2.05) is 0 Å². The number of aliphatic hydroxyl groups is 1. The molecule has 1 heterocycles. The lowest BCUT2D eigenvalue weighted by Gasteiger charge is -2.07. The van der Waals surface area contributed by atoms with Crippen LogP contribution in [-0.4, -0.2) is 34.1 Å². The fourth-order valence-corrected chi connectivity index (χ4v) is 1.67. The Hall–Kier alpha value is -2.80. The zero-order chi connectivity index (χ0) is 15.2. The standard InChI is InChI=1S/C14H13N3O4/c1-21-14(20)9-2-4-10(5-3-9)17-13(19)12-11(8-18)15-6-7-16-12/h2-7,18H,8H2,1H3,(H,17,19). The predicted octanol–water partition coefficient (Wildman–Crippen LogP) is 1.01. The average Bonchev–Trinajstić information content (AvgIpc) is 2.54. The Morgan fingerprint density at radius 3 is 2.48 bits per heavy atom. The second-order valence-electron chi connectivity index (χ2n) is 4.03. The van der Waals surface area contributed by atoms with Gasteiger partial charge in [-0.15, -0.1) is 0 Å². The number of carbonyl (C=O) groups excluding carboxylic acids is 2. The maximum absolute atomic E-state index is 12.1. The minimum atomic E-state index is -0.488. The number of methoxy groups -OCH3 is 1. The highest BCUT2D eigenvalue weighted by Crippen LogP contribution is 2.12. The normalized spacial score (nSPS) is 10.0. The number of carbonyl (C=O) groups is 2. The van der Waals surface area contributed by atoms with Crippen LogP contribution in [0.3, 0.4) is 0 Å². The first kappa shape index (κ1) is 14.6. The molecule has 0 aliphatic heterocycles. The van der Waals surface area contributed by atoms with Crippen LogP contribution in [0.2, 0.25) is 0 Å². The number of ether oxygens (including phenoxy) is 1. The molecule has 0 aliphatic carbocycles. The number of nitrogens with one attached hydrogen (secondary N) is 1. The second-order valence-corrected chi connectivity index (χ2v) is 4.03. The first-order valence-electron chi connectivity index (χ1n) is 6.06. The van der Waals surface area contributed by atoms with Gasteiger partial charge in [0, 0.05) is 18.1 Å². The minimum absolute atomic E-state index is 0.0528. The Kier molecular flexibility index (Phi) is 4.57. The van der Waals surface area contributed by atoms with Crippen molar-refractivity contribution in [3.05, 3.63) is 53.6 Å². The molecule has 2 aromatic rings. The Morgan fingerprint density at radius 2 is 1.86 bits per heavy atom. The van der Waals surface area contributed by atoms with Crippen molar-refractivity contribution in [3.63, 3.8) is 0 Å². The van der Waals surface area contributed by atoms with Crippen molar-refractivity contribution < 1.29 is 19.4 Å². The number of aliphatic hydroxyl groups excluding tert-OH is 1. The van der Waals surface area contributed by atoms with E-state index in [9.17, 15) is 9.59 Å². The molecular weight excluding hydrogens is 274 g/mol. The SMILES string of the molecule is COC(=O)c1ccc(NC(=O)c2nccnc2CO)cc1. The molecule has 2 rings (SSSR count). The third-order valence-corrected chi connectivity index (χ3v) is 2.70. The molecule has 1 aromatic heterocycles. The summed E-state index contributed by atoms with van der Waals surface area (Å²) in [6.07, 6.45) is 2.77. The Labute approximate surface area is 120 Å². The maximum Gasteiger partial charge on any atom is 0.337 e. The Balaban J connectivity index is 2.14. The molecule has 7 heteroatoms. The molecule has 1 amide bonds. The first-order valence-corrected chi connectivity index (χ1v) is 6.06. The summed E-state index contributed by atoms with van der Waals surface area (Å²) in [4.78, 5) is 31.1. The topological polar surface area (TPSA) is 101 Å². The van der Waals surface area contributed by atoms with Crippen molar-refractivity contribution in [1.29, 1.82) is 0 Å². The molecule has 0 spiro atoms. The van der Waals surface area contributed by atoms with Crippen LogP contribution < -0.4 is 5.32 Å². The summed E-state index contributed by atoms with van der Waals surface area (Å²) in [5.41, 5.74) is 1.12. The van der Waals surface area contributed by atoms with Crippen LogP contribution in [0.5, 0.6) is 0 Å². The van der Waals surface area contributed by atoms with E-state index in [1.54, 1.807) is 12.1 Å². The highest BCUT2D eigenvalue weighted by atomic mass is 16.5. The summed E-state index contributed by atoms with van der Waals surface area (Å²) in [5.74, 6) is -0.942. The fraction of sp³-hybridized carbons (Fsp3) is 0.143. The molecule has 0 aliphatic rings. The van der Waals surface area contributed by atoms with Gasteiger partial charge in [-0.05, 0) is 24.3 Å². The lowest BCUT2D eigenvalue weighted by atomic mass is 10.2. The van der Waals surface area contributed by atoms with Gasteiger partial charge in [-0.1, -0.05) is 0 Å². The van der Waals surface area contributed by atoms with Crippen LogP contribution in [0, 0.1) is 0 Å². The van der Waals surface area contributed by atoms with E-state index in [0.717, 1.165) is 0 Å². The molecular formula is C14H13N3O4. The van der Waals surface area contributed by atoms with Crippen LogP contribution in [0.1, 0.15) is 26.5 Å². The third kappa shape index (κ3) is 3.40. The van der Waals surface area contributed by atoms with E-state index in [-0.39, 0.29) is 18.0 Å². The van der Waals surface area contributed by atoms with Crippen LogP contribution in [0.15, 0.2) is 36.7 Å². The van der Waals surface area contributed by atoms with Crippen molar-refractivity contribution in [2.45, 2.75) is 6.61 Å². The lowest BCUT2D eigenvalue weighted by molar-refractivity contribution is 0.0600. The smallest absolute Gasteiger partial charge is 0.337 e. The number of nitrogens with zero attached hydrogens (tertiary/aromatic N) is 2. The van der Waals surface area contributed by atoms with Crippen LogP contribution in [-0.2, 0) is 11.3 Å². The number of hydrogen-bond acceptors (Lipinski definition) is 6. The van der Waals surface area contributed by atoms with Gasteiger partial charge < -0.3 is 15.2 Å². The summed E-state index contributed by atoms with van der Waals surface area (Å²) in [7, 11) is 1.29. The van der Waals surface area contributed by atoms with Crippen molar-refractivity contribution >= 4 is 17.6 Å². The number of hydrogen-bond donors (Lipinski definition) is 2. The van der Waals surface area contributed by atoms with Crippen molar-refractivity contribution in [1.82, 2.24) is 9.97 Å². The lowest BCUT2D eigenvalue weighted by Crippen LogP contribution is -2.17. The average molecular weight is 287 g/mol. The maximum atomic E-state index is 12.1. The Morgan fingerprint density at radius 1 is 1.19 bits per heavy atom. The van der Waals surface area contributed by atoms with E-state index >= 15 is 0 Å². The monoisotopic (exact) mass is 287 g/mol. The molecule has 0 saturated heterocycles. The molecule has 0 bridgehead atoms. The first-order chi connectivity index (χ1) is 10.2. The van der Waals surface area contributed by atoms with E-state index in [4.69, 9.17) is 5.11 Å². The largest absolute Gasteiger partial charge is 0.465 e. The number of benzene rings is 1. The molecule has 7 nitrogen and oxygen atoms in total. The molecule has 0 saturated carbocycles. The van der Waals surface area contributed by atoms with Crippen LogP contribution in [0.25, 0.3) is 0 Å². The molecule has 0 unspecified atom stereocenters. The van der Waals surface area contributed by atoms with Gasteiger partial charge in [-0.25, -0.2) is 9.78 Å². The van der Waals surface area contributed by atoms with Gasteiger partial charge in [0.15, 0.2) is 5.69 Å². The number of esters is 1. The third-order valence-electron chi connectivity index (χ3n) is 2.70. The molecule has 2 N–H and O–H groups in total. The van der Waals surface area contributed by atoms with Crippen LogP contribution >= 0.6 is 0 Å². The minimum Gasteiger partial charge on any atom is -0.465 e. The van der Waals surface area contributed by atoms with Crippen molar-refractivity contribution in [2.75, 3.05) is 12.4 Å². The van der Waals surface area contributed by atoms with E-state index < -0.39 is 11.9 Å². The fourth-order valence-electron chi connectivity index (χ4n) is 1.67. The second kappa shape index (κ2) is 6.58. The van der Waals surface area contributed by atoms with E-state index in [0.29, 0.717) is 11.3 Å². The molecule has 0 fully saturated rings. The quantitative estimate of drug-likeness (QED) is 0.814. The zero-order valence-corrected chi connectivity index (χ0v) is 11.2. The molecule has 21 heavy (non-hydrogen) atoms. The van der Waals surface area contributed by atoms with Crippen molar-refractivity contribution in [2.24, 2.45) is 0 Å². The number of rotatable bonds is 4. The highest BCUT2D eigenvalue weighted by Gasteiger charge is 2.14. The van der Waals surface area contributed by atoms with Gasteiger partial charge in [0.2, 0.25) is 0 Å². The van der Waals surface area contributed by atoms with Crippen molar-refractivity contribution in [3.8, 4) is 0 Å². The van der Waals surface area contributed by atoms with E-state index in [1.165, 1.54) is 31.6 Å². The Bertz CT molecular complexity index is 656. The van der Waals surface area contributed by atoms with Gasteiger partial charge in [-0.3, -0.25) is 9.78 Å².